The van der Waals surface area contributed by atoms with Gasteiger partial charge in [-0.1, -0.05) is 31.2 Å². The summed E-state index contributed by atoms with van der Waals surface area (Å²) < 4.78 is 15.5. The SMILES string of the molecule is C.CNC(=O)c1ccc(Nc2ncc3c(n2)-c2ccc(Cl)cc2C(c2c(F)cccc2NCCN(C)C)=NC3)cc1. The Morgan fingerprint density at radius 1 is 1.07 bits per heavy atom. The van der Waals surface area contributed by atoms with E-state index in [9.17, 15) is 4.79 Å². The lowest BCUT2D eigenvalue weighted by atomic mass is 9.94. The molecule has 4 aromatic rings. The molecule has 1 aromatic heterocycles. The predicted octanol–water partition coefficient (Wildman–Crippen LogP) is 6.00. The highest BCUT2D eigenvalue weighted by Crippen LogP contribution is 2.35. The summed E-state index contributed by atoms with van der Waals surface area (Å²) in [6.07, 6.45) is 1.73. The van der Waals surface area contributed by atoms with Crippen LogP contribution in [0, 0.1) is 5.82 Å². The zero-order chi connectivity index (χ0) is 28.2. The van der Waals surface area contributed by atoms with E-state index in [2.05, 4.69) is 25.8 Å². The van der Waals surface area contributed by atoms with Gasteiger partial charge < -0.3 is 20.9 Å². The molecule has 0 bridgehead atoms. The molecule has 41 heavy (non-hydrogen) atoms. The molecule has 1 aliphatic heterocycles. The first kappa shape index (κ1) is 29.6. The molecule has 0 fully saturated rings. The quantitative estimate of drug-likeness (QED) is 0.239. The summed E-state index contributed by atoms with van der Waals surface area (Å²) in [6.45, 7) is 1.70. The van der Waals surface area contributed by atoms with Crippen molar-refractivity contribution in [1.29, 1.82) is 0 Å². The van der Waals surface area contributed by atoms with Crippen LogP contribution in [0.15, 0.2) is 71.9 Å². The van der Waals surface area contributed by atoms with Crippen LogP contribution in [0.25, 0.3) is 11.3 Å². The van der Waals surface area contributed by atoms with E-state index in [1.54, 1.807) is 55.7 Å². The molecule has 5 rings (SSSR count). The molecule has 2 heterocycles. The fourth-order valence-electron chi connectivity index (χ4n) is 4.50. The van der Waals surface area contributed by atoms with E-state index in [1.807, 2.05) is 26.2 Å². The van der Waals surface area contributed by atoms with Gasteiger partial charge in [-0.05, 0) is 62.6 Å². The van der Waals surface area contributed by atoms with Crippen molar-refractivity contribution in [3.05, 3.63) is 100.0 Å². The third-order valence-electron chi connectivity index (χ3n) is 6.52. The molecule has 0 radical (unpaired) electrons. The molecule has 1 amide bonds. The maximum atomic E-state index is 15.5. The molecule has 0 unspecified atom stereocenters. The lowest BCUT2D eigenvalue weighted by Crippen LogP contribution is -2.22. The summed E-state index contributed by atoms with van der Waals surface area (Å²) in [5.74, 6) is -0.156. The number of halogens is 2. The largest absolute Gasteiger partial charge is 0.383 e. The number of nitrogens with zero attached hydrogens (tertiary/aromatic N) is 4. The summed E-state index contributed by atoms with van der Waals surface area (Å²) in [6, 6.07) is 17.5. The molecular weight excluding hydrogens is 541 g/mol. The predicted molar refractivity (Wildman–Crippen MR) is 165 cm³/mol. The Bertz CT molecular complexity index is 1590. The van der Waals surface area contributed by atoms with Gasteiger partial charge in [0.1, 0.15) is 5.82 Å². The molecule has 0 saturated heterocycles. The van der Waals surface area contributed by atoms with Crippen molar-refractivity contribution in [3.8, 4) is 11.3 Å². The maximum absolute atomic E-state index is 15.5. The van der Waals surface area contributed by atoms with Crippen molar-refractivity contribution in [2.45, 2.75) is 14.0 Å². The third kappa shape index (κ3) is 6.53. The van der Waals surface area contributed by atoms with Crippen LogP contribution in [0.5, 0.6) is 0 Å². The van der Waals surface area contributed by atoms with Crippen LogP contribution in [0.2, 0.25) is 5.02 Å². The normalized spacial score (nSPS) is 11.9. The smallest absolute Gasteiger partial charge is 0.251 e. The Labute approximate surface area is 244 Å². The van der Waals surface area contributed by atoms with Crippen LogP contribution in [0.4, 0.5) is 21.7 Å². The van der Waals surface area contributed by atoms with Gasteiger partial charge >= 0.3 is 0 Å². The molecule has 0 saturated carbocycles. The number of benzene rings is 3. The number of nitrogens with one attached hydrogen (secondary N) is 3. The minimum absolute atomic E-state index is 0. The van der Waals surface area contributed by atoms with E-state index in [0.29, 0.717) is 51.3 Å². The monoisotopic (exact) mass is 573 g/mol. The van der Waals surface area contributed by atoms with Crippen LogP contribution in [-0.2, 0) is 6.54 Å². The highest BCUT2D eigenvalue weighted by atomic mass is 35.5. The summed E-state index contributed by atoms with van der Waals surface area (Å²) >= 11 is 6.45. The average Bonchev–Trinajstić information content (AvgIpc) is 3.09. The van der Waals surface area contributed by atoms with E-state index in [-0.39, 0.29) is 25.7 Å². The van der Waals surface area contributed by atoms with Crippen LogP contribution >= 0.6 is 11.6 Å². The molecule has 0 atom stereocenters. The van der Waals surface area contributed by atoms with E-state index < -0.39 is 0 Å². The summed E-state index contributed by atoms with van der Waals surface area (Å²) in [7, 11) is 5.57. The second kappa shape index (κ2) is 12.9. The standard InChI is InChI=1S/C30H29ClFN7O.CH4/c1-33-29(40)18-7-10-21(11-8-18)37-30-36-17-19-16-35-28(23-15-20(31)9-12-22(23)27(19)38-30)26-24(32)5-4-6-25(26)34-13-14-39(2)3;/h4-12,15,17,34H,13-14,16H2,1-3H3,(H,33,40)(H,36,37,38);1H4. The minimum Gasteiger partial charge on any atom is -0.383 e. The van der Waals surface area contributed by atoms with Crippen LogP contribution < -0.4 is 16.0 Å². The Morgan fingerprint density at radius 2 is 1.85 bits per heavy atom. The van der Waals surface area contributed by atoms with Gasteiger partial charge in [-0.2, -0.15) is 0 Å². The van der Waals surface area contributed by atoms with Gasteiger partial charge in [0.25, 0.3) is 5.91 Å². The van der Waals surface area contributed by atoms with Crippen LogP contribution in [-0.4, -0.2) is 60.7 Å². The van der Waals surface area contributed by atoms with E-state index in [1.165, 1.54) is 6.07 Å². The van der Waals surface area contributed by atoms with Crippen molar-refractivity contribution in [1.82, 2.24) is 20.2 Å². The Kier molecular flexibility index (Phi) is 9.31. The Morgan fingerprint density at radius 3 is 2.59 bits per heavy atom. The second-order valence-electron chi connectivity index (χ2n) is 9.60. The average molecular weight is 574 g/mol. The second-order valence-corrected chi connectivity index (χ2v) is 10.0. The summed E-state index contributed by atoms with van der Waals surface area (Å²) in [5.41, 5.74) is 5.78. The summed E-state index contributed by atoms with van der Waals surface area (Å²) in [5, 5.41) is 9.68. The van der Waals surface area contributed by atoms with Gasteiger partial charge in [-0.3, -0.25) is 9.79 Å². The number of likely N-dealkylation sites (N-methyl/N-ethyl adjacent to an activating group) is 1. The number of hydrogen-bond acceptors (Lipinski definition) is 7. The topological polar surface area (TPSA) is 94.5 Å². The van der Waals surface area contributed by atoms with E-state index in [4.69, 9.17) is 21.6 Å². The number of anilines is 3. The van der Waals surface area contributed by atoms with E-state index in [0.717, 1.165) is 23.4 Å². The van der Waals surface area contributed by atoms with Crippen molar-refractivity contribution >= 4 is 40.5 Å². The fraction of sp³-hybridized carbons (Fsp3) is 0.226. The van der Waals surface area contributed by atoms with Gasteiger partial charge in [0.05, 0.1) is 23.5 Å². The molecule has 10 heteroatoms. The molecule has 1 aliphatic rings. The van der Waals surface area contributed by atoms with Gasteiger partial charge in [0.15, 0.2) is 0 Å². The van der Waals surface area contributed by atoms with E-state index >= 15 is 4.39 Å². The highest BCUT2D eigenvalue weighted by molar-refractivity contribution is 6.32. The van der Waals surface area contributed by atoms with Crippen molar-refractivity contribution < 1.29 is 9.18 Å². The molecule has 212 valence electrons. The van der Waals surface area contributed by atoms with Crippen LogP contribution in [0.1, 0.15) is 34.5 Å². The number of hydrogen-bond donors (Lipinski definition) is 3. The van der Waals surface area contributed by atoms with Gasteiger partial charge in [0, 0.05) is 65.0 Å². The third-order valence-corrected chi connectivity index (χ3v) is 6.75. The maximum Gasteiger partial charge on any atom is 0.251 e. The first-order valence-electron chi connectivity index (χ1n) is 12.8. The molecule has 0 aliphatic carbocycles. The number of carbonyl (C=O) groups is 1. The number of aromatic nitrogens is 2. The number of aliphatic imine (C=N–C) groups is 1. The molecular formula is C31H33ClFN7O. The lowest BCUT2D eigenvalue weighted by Gasteiger charge is -2.18. The molecule has 8 nitrogen and oxygen atoms in total. The molecule has 3 aromatic carbocycles. The zero-order valence-corrected chi connectivity index (χ0v) is 23.2. The molecule has 0 spiro atoms. The Balaban J connectivity index is 0.00000387. The van der Waals surface area contributed by atoms with Crippen molar-refractivity contribution in [2.75, 3.05) is 44.9 Å². The zero-order valence-electron chi connectivity index (χ0n) is 22.4. The number of carbonyl (C=O) groups excluding carboxylic acids is 1. The van der Waals surface area contributed by atoms with Gasteiger partial charge in [-0.15, -0.1) is 0 Å². The van der Waals surface area contributed by atoms with Gasteiger partial charge in [0.2, 0.25) is 5.95 Å². The summed E-state index contributed by atoms with van der Waals surface area (Å²) in [4.78, 5) is 28.1. The van der Waals surface area contributed by atoms with Crippen LogP contribution in [0.3, 0.4) is 0 Å². The van der Waals surface area contributed by atoms with Crippen molar-refractivity contribution in [2.24, 2.45) is 4.99 Å². The molecule has 3 N–H and O–H groups in total. The number of rotatable bonds is 8. The van der Waals surface area contributed by atoms with Crippen molar-refractivity contribution in [3.63, 3.8) is 0 Å². The number of fused-ring (bicyclic) bond motifs is 3. The minimum atomic E-state index is -0.376. The first-order valence-corrected chi connectivity index (χ1v) is 13.2. The Hall–Kier alpha value is -4.34. The lowest BCUT2D eigenvalue weighted by molar-refractivity contribution is 0.0963. The van der Waals surface area contributed by atoms with Gasteiger partial charge in [-0.25, -0.2) is 14.4 Å². The first-order chi connectivity index (χ1) is 19.3. The highest BCUT2D eigenvalue weighted by Gasteiger charge is 2.25. The number of amides is 1. The fourth-order valence-corrected chi connectivity index (χ4v) is 4.67.